The van der Waals surface area contributed by atoms with Crippen molar-refractivity contribution in [3.8, 4) is 0 Å². The maximum atomic E-state index is 14.0. The van der Waals surface area contributed by atoms with E-state index in [1.165, 1.54) is 12.3 Å². The zero-order chi connectivity index (χ0) is 20.9. The SMILES string of the molecule is CCNC(=NCc1ccc(S(C)(=O)=O)cc1)N1CCN(c2ccccc2F)CC1. The molecule has 1 N–H and O–H groups in total. The molecule has 2 aromatic rings. The Morgan fingerprint density at radius 3 is 2.31 bits per heavy atom. The van der Waals surface area contributed by atoms with Crippen LogP contribution in [-0.4, -0.2) is 58.3 Å². The summed E-state index contributed by atoms with van der Waals surface area (Å²) in [5.74, 6) is 0.618. The fourth-order valence-corrected chi connectivity index (χ4v) is 3.93. The highest BCUT2D eigenvalue weighted by molar-refractivity contribution is 7.90. The molecule has 1 aliphatic heterocycles. The first-order valence-electron chi connectivity index (χ1n) is 9.70. The molecule has 0 unspecified atom stereocenters. The lowest BCUT2D eigenvalue weighted by atomic mass is 10.2. The third kappa shape index (κ3) is 5.47. The van der Waals surface area contributed by atoms with Gasteiger partial charge in [0.05, 0.1) is 17.1 Å². The topological polar surface area (TPSA) is 65.0 Å². The molecule has 0 atom stereocenters. The van der Waals surface area contributed by atoms with E-state index in [-0.39, 0.29) is 5.82 Å². The standard InChI is InChI=1S/C21H27FN4O2S/c1-3-23-21(24-16-17-8-10-18(11-9-17)29(2,27)28)26-14-12-25(13-15-26)20-7-5-4-6-19(20)22/h4-11H,3,12-16H2,1-2H3,(H,23,24). The molecule has 1 aliphatic rings. The summed E-state index contributed by atoms with van der Waals surface area (Å²) >= 11 is 0. The molecule has 0 bridgehead atoms. The second kappa shape index (κ2) is 9.26. The summed E-state index contributed by atoms with van der Waals surface area (Å²) in [6.45, 7) is 6.15. The number of anilines is 1. The third-order valence-electron chi connectivity index (χ3n) is 4.87. The summed E-state index contributed by atoms with van der Waals surface area (Å²) in [5.41, 5.74) is 1.58. The molecule has 29 heavy (non-hydrogen) atoms. The Kier molecular flexibility index (Phi) is 6.74. The Labute approximate surface area is 172 Å². The first-order valence-corrected chi connectivity index (χ1v) is 11.6. The summed E-state index contributed by atoms with van der Waals surface area (Å²) in [6.07, 6.45) is 1.20. The van der Waals surface area contributed by atoms with Crippen LogP contribution < -0.4 is 10.2 Å². The second-order valence-electron chi connectivity index (χ2n) is 7.01. The van der Waals surface area contributed by atoms with Crippen LogP contribution in [0.15, 0.2) is 58.4 Å². The van der Waals surface area contributed by atoms with E-state index in [0.29, 0.717) is 30.2 Å². The van der Waals surface area contributed by atoms with Gasteiger partial charge in [-0.15, -0.1) is 0 Å². The van der Waals surface area contributed by atoms with Crippen LogP contribution in [0, 0.1) is 5.82 Å². The van der Waals surface area contributed by atoms with Gasteiger partial charge < -0.3 is 15.1 Å². The van der Waals surface area contributed by atoms with E-state index in [1.54, 1.807) is 30.3 Å². The number of piperazine rings is 1. The minimum Gasteiger partial charge on any atom is -0.366 e. The molecule has 0 amide bonds. The van der Waals surface area contributed by atoms with Crippen molar-refractivity contribution in [2.75, 3.05) is 43.9 Å². The molecule has 0 radical (unpaired) electrons. The molecule has 0 saturated carbocycles. The highest BCUT2D eigenvalue weighted by Crippen LogP contribution is 2.20. The summed E-state index contributed by atoms with van der Waals surface area (Å²) in [6, 6.07) is 13.7. The van der Waals surface area contributed by atoms with Crippen molar-refractivity contribution in [1.82, 2.24) is 10.2 Å². The third-order valence-corrected chi connectivity index (χ3v) is 6.00. The Morgan fingerprint density at radius 1 is 1.07 bits per heavy atom. The number of rotatable bonds is 5. The number of guanidine groups is 1. The number of benzene rings is 2. The lowest BCUT2D eigenvalue weighted by Gasteiger charge is -2.37. The summed E-state index contributed by atoms with van der Waals surface area (Å²) in [7, 11) is -3.20. The molecule has 8 heteroatoms. The smallest absolute Gasteiger partial charge is 0.194 e. The number of para-hydroxylation sites is 1. The minimum absolute atomic E-state index is 0.195. The highest BCUT2D eigenvalue weighted by atomic mass is 32.2. The number of nitrogens with zero attached hydrogens (tertiary/aromatic N) is 3. The van der Waals surface area contributed by atoms with Crippen LogP contribution in [0.25, 0.3) is 0 Å². The van der Waals surface area contributed by atoms with Crippen LogP contribution in [0.2, 0.25) is 0 Å². The van der Waals surface area contributed by atoms with Crippen LogP contribution in [-0.2, 0) is 16.4 Å². The zero-order valence-corrected chi connectivity index (χ0v) is 17.6. The Morgan fingerprint density at radius 2 is 1.72 bits per heavy atom. The predicted molar refractivity (Wildman–Crippen MR) is 115 cm³/mol. The molecule has 0 aliphatic carbocycles. The molecule has 156 valence electrons. The van der Waals surface area contributed by atoms with Gasteiger partial charge in [0.1, 0.15) is 5.82 Å². The van der Waals surface area contributed by atoms with Gasteiger partial charge in [0.2, 0.25) is 0 Å². The van der Waals surface area contributed by atoms with Crippen molar-refractivity contribution in [3.05, 3.63) is 59.9 Å². The Bertz CT molecular complexity index is 953. The lowest BCUT2D eigenvalue weighted by molar-refractivity contribution is 0.370. The Hall–Kier alpha value is -2.61. The molecule has 3 rings (SSSR count). The molecule has 2 aromatic carbocycles. The number of aliphatic imine (C=N–C) groups is 1. The van der Waals surface area contributed by atoms with E-state index in [0.717, 1.165) is 31.2 Å². The van der Waals surface area contributed by atoms with E-state index in [2.05, 4.69) is 15.1 Å². The largest absolute Gasteiger partial charge is 0.366 e. The maximum absolute atomic E-state index is 14.0. The number of sulfone groups is 1. The minimum atomic E-state index is -3.20. The molecular weight excluding hydrogens is 391 g/mol. The predicted octanol–water partition coefficient (Wildman–Crippen LogP) is 2.52. The van der Waals surface area contributed by atoms with Crippen LogP contribution >= 0.6 is 0 Å². The van der Waals surface area contributed by atoms with Crippen molar-refractivity contribution in [1.29, 1.82) is 0 Å². The normalized spacial score (nSPS) is 15.5. The van der Waals surface area contributed by atoms with Gasteiger partial charge in [-0.2, -0.15) is 0 Å². The van der Waals surface area contributed by atoms with Gasteiger partial charge in [-0.05, 0) is 36.8 Å². The molecule has 0 aromatic heterocycles. The molecular formula is C21H27FN4O2S. The van der Waals surface area contributed by atoms with Crippen molar-refractivity contribution in [3.63, 3.8) is 0 Å². The Balaban J connectivity index is 1.65. The van der Waals surface area contributed by atoms with E-state index < -0.39 is 9.84 Å². The summed E-state index contributed by atoms with van der Waals surface area (Å²) in [4.78, 5) is 9.24. The second-order valence-corrected chi connectivity index (χ2v) is 9.03. The van der Waals surface area contributed by atoms with E-state index in [9.17, 15) is 12.8 Å². The first-order chi connectivity index (χ1) is 13.9. The molecule has 0 spiro atoms. The number of hydrogen-bond donors (Lipinski definition) is 1. The van der Waals surface area contributed by atoms with Gasteiger partial charge in [-0.3, -0.25) is 0 Å². The quantitative estimate of drug-likeness (QED) is 0.597. The number of hydrogen-bond acceptors (Lipinski definition) is 4. The molecule has 1 saturated heterocycles. The van der Waals surface area contributed by atoms with E-state index >= 15 is 0 Å². The van der Waals surface area contributed by atoms with Crippen molar-refractivity contribution < 1.29 is 12.8 Å². The van der Waals surface area contributed by atoms with Gasteiger partial charge in [0, 0.05) is 39.0 Å². The average molecular weight is 419 g/mol. The van der Waals surface area contributed by atoms with Gasteiger partial charge >= 0.3 is 0 Å². The van der Waals surface area contributed by atoms with Gasteiger partial charge in [0.25, 0.3) is 0 Å². The van der Waals surface area contributed by atoms with Crippen LogP contribution in [0.1, 0.15) is 12.5 Å². The fourth-order valence-electron chi connectivity index (χ4n) is 3.30. The molecule has 1 fully saturated rings. The molecule has 1 heterocycles. The number of halogens is 1. The van der Waals surface area contributed by atoms with Crippen LogP contribution in [0.5, 0.6) is 0 Å². The fraction of sp³-hybridized carbons (Fsp3) is 0.381. The van der Waals surface area contributed by atoms with Crippen molar-refractivity contribution in [2.24, 2.45) is 4.99 Å². The van der Waals surface area contributed by atoms with Crippen molar-refractivity contribution >= 4 is 21.5 Å². The highest BCUT2D eigenvalue weighted by Gasteiger charge is 2.21. The van der Waals surface area contributed by atoms with Gasteiger partial charge in [-0.25, -0.2) is 17.8 Å². The van der Waals surface area contributed by atoms with Gasteiger partial charge in [-0.1, -0.05) is 24.3 Å². The summed E-state index contributed by atoms with van der Waals surface area (Å²) < 4.78 is 37.2. The summed E-state index contributed by atoms with van der Waals surface area (Å²) in [5, 5.41) is 3.31. The molecule has 6 nitrogen and oxygen atoms in total. The lowest BCUT2D eigenvalue weighted by Crippen LogP contribution is -2.52. The van der Waals surface area contributed by atoms with Crippen LogP contribution in [0.4, 0.5) is 10.1 Å². The average Bonchev–Trinajstić information content (AvgIpc) is 2.71. The monoisotopic (exact) mass is 418 g/mol. The van der Waals surface area contributed by atoms with E-state index in [1.807, 2.05) is 19.1 Å². The van der Waals surface area contributed by atoms with Gasteiger partial charge in [0.15, 0.2) is 15.8 Å². The maximum Gasteiger partial charge on any atom is 0.194 e. The number of nitrogens with one attached hydrogen (secondary N) is 1. The first kappa shape index (κ1) is 21.1. The van der Waals surface area contributed by atoms with Crippen LogP contribution in [0.3, 0.4) is 0 Å². The van der Waals surface area contributed by atoms with Crippen molar-refractivity contribution in [2.45, 2.75) is 18.4 Å². The van der Waals surface area contributed by atoms with E-state index in [4.69, 9.17) is 4.99 Å². The zero-order valence-electron chi connectivity index (χ0n) is 16.8.